The van der Waals surface area contributed by atoms with Gasteiger partial charge in [-0.15, -0.1) is 0 Å². The van der Waals surface area contributed by atoms with Gasteiger partial charge in [-0.05, 0) is 12.5 Å². The molecule has 0 spiro atoms. The topological polar surface area (TPSA) is 30.2 Å². The highest BCUT2D eigenvalue weighted by Gasteiger charge is 2.21. The monoisotopic (exact) mass is 122 g/mol. The van der Waals surface area contributed by atoms with Gasteiger partial charge in [0.1, 0.15) is 0 Å². The maximum absolute atomic E-state index is 10.8. The van der Waals surface area contributed by atoms with Crippen LogP contribution < -0.4 is 0 Å². The Morgan fingerprint density at radius 2 is 2.33 bits per heavy atom. The Bertz CT molecular complexity index is 247. The van der Waals surface area contributed by atoms with E-state index in [9.17, 15) is 4.79 Å². The molecule has 2 heteroatoms. The molecule has 0 atom stereocenters. The molecule has 1 aliphatic carbocycles. The number of carbonyl (C=O) groups is 1. The molecule has 9 heavy (non-hydrogen) atoms. The van der Waals surface area contributed by atoms with Crippen LogP contribution in [0.3, 0.4) is 0 Å². The molecule has 0 fully saturated rings. The molecule has 1 aromatic heterocycles. The van der Waals surface area contributed by atoms with Crippen molar-refractivity contribution < 1.29 is 9.21 Å². The van der Waals surface area contributed by atoms with E-state index in [1.807, 2.05) is 6.07 Å². The number of aryl methyl sites for hydroxylation is 1. The van der Waals surface area contributed by atoms with Gasteiger partial charge < -0.3 is 4.42 Å². The number of Topliss-reactive ketones (excluding diaryl/α,β-unsaturated/α-hetero) is 1. The molecule has 0 aromatic carbocycles. The zero-order valence-corrected chi connectivity index (χ0v) is 4.89. The van der Waals surface area contributed by atoms with Crippen molar-refractivity contribution in [2.45, 2.75) is 12.8 Å². The summed E-state index contributed by atoms with van der Waals surface area (Å²) in [5.74, 6) is 0.727. The minimum atomic E-state index is 0.148. The zero-order chi connectivity index (χ0) is 6.27. The van der Waals surface area contributed by atoms with Crippen LogP contribution in [0.2, 0.25) is 0 Å². The zero-order valence-electron chi connectivity index (χ0n) is 4.89. The van der Waals surface area contributed by atoms with Crippen LogP contribution >= 0.6 is 0 Å². The lowest BCUT2D eigenvalue weighted by Gasteiger charge is -1.79. The van der Waals surface area contributed by atoms with E-state index >= 15 is 0 Å². The van der Waals surface area contributed by atoms with Gasteiger partial charge in [-0.2, -0.15) is 0 Å². The lowest BCUT2D eigenvalue weighted by Crippen LogP contribution is -1.86. The molecule has 2 rings (SSSR count). The molecule has 0 saturated heterocycles. The molecule has 0 saturated carbocycles. The Morgan fingerprint density at radius 3 is 3.11 bits per heavy atom. The predicted octanol–water partition coefficient (Wildman–Crippen LogP) is 1.41. The van der Waals surface area contributed by atoms with Gasteiger partial charge in [0.15, 0.2) is 11.5 Å². The van der Waals surface area contributed by atoms with Gasteiger partial charge in [-0.25, -0.2) is 0 Å². The number of ketones is 1. The van der Waals surface area contributed by atoms with Crippen LogP contribution in [-0.2, 0) is 6.42 Å². The van der Waals surface area contributed by atoms with Crippen molar-refractivity contribution in [2.24, 2.45) is 0 Å². The van der Waals surface area contributed by atoms with Crippen LogP contribution in [0.5, 0.6) is 0 Å². The molecule has 0 N–H and O–H groups in total. The fraction of sp³-hybridized carbons (Fsp3) is 0.286. The van der Waals surface area contributed by atoms with E-state index in [1.54, 1.807) is 6.26 Å². The van der Waals surface area contributed by atoms with Gasteiger partial charge in [-0.3, -0.25) is 4.79 Å². The number of fused-ring (bicyclic) bond motifs is 1. The van der Waals surface area contributed by atoms with Crippen molar-refractivity contribution in [1.29, 1.82) is 0 Å². The second kappa shape index (κ2) is 1.47. The molecule has 0 unspecified atom stereocenters. The highest BCUT2D eigenvalue weighted by atomic mass is 16.3. The summed E-state index contributed by atoms with van der Waals surface area (Å²) in [5, 5.41) is 0. The first kappa shape index (κ1) is 4.79. The molecule has 0 aliphatic heterocycles. The van der Waals surface area contributed by atoms with Gasteiger partial charge in [0.25, 0.3) is 0 Å². The van der Waals surface area contributed by atoms with Crippen LogP contribution in [0.25, 0.3) is 0 Å². The van der Waals surface area contributed by atoms with Gasteiger partial charge in [0.05, 0.1) is 6.26 Å². The molecule has 0 amide bonds. The summed E-state index contributed by atoms with van der Waals surface area (Å²) in [6.07, 6.45) is 3.07. The van der Waals surface area contributed by atoms with Crippen LogP contribution in [0.1, 0.15) is 22.5 Å². The third kappa shape index (κ3) is 0.529. The van der Waals surface area contributed by atoms with Crippen molar-refractivity contribution in [3.63, 3.8) is 0 Å². The molecule has 2 nitrogen and oxygen atoms in total. The highest BCUT2D eigenvalue weighted by molar-refractivity contribution is 5.97. The number of carbonyl (C=O) groups excluding carboxylic acids is 1. The number of rotatable bonds is 0. The Labute approximate surface area is 52.5 Å². The molecule has 46 valence electrons. The van der Waals surface area contributed by atoms with Crippen molar-refractivity contribution in [3.8, 4) is 0 Å². The van der Waals surface area contributed by atoms with Crippen molar-refractivity contribution in [1.82, 2.24) is 0 Å². The Kier molecular flexibility index (Phi) is 0.781. The average Bonchev–Trinajstić information content (AvgIpc) is 2.35. The predicted molar refractivity (Wildman–Crippen MR) is 31.4 cm³/mol. The standard InChI is InChI=1S/C7H6O2/c8-6-2-1-5-3-4-9-7(5)6/h3-4H,1-2H2. The molecule has 1 aromatic rings. The first-order valence-electron chi connectivity index (χ1n) is 2.97. The van der Waals surface area contributed by atoms with Gasteiger partial charge >= 0.3 is 0 Å². The average molecular weight is 122 g/mol. The van der Waals surface area contributed by atoms with E-state index in [1.165, 1.54) is 0 Å². The van der Waals surface area contributed by atoms with Gasteiger partial charge in [0.2, 0.25) is 0 Å². The number of hydrogen-bond acceptors (Lipinski definition) is 2. The minimum absolute atomic E-state index is 0.148. The van der Waals surface area contributed by atoms with Crippen LogP contribution in [0.15, 0.2) is 16.7 Å². The second-order valence-electron chi connectivity index (χ2n) is 2.20. The van der Waals surface area contributed by atoms with Crippen LogP contribution in [0.4, 0.5) is 0 Å². The molecule has 0 bridgehead atoms. The second-order valence-corrected chi connectivity index (χ2v) is 2.20. The molecule has 1 heterocycles. The summed E-state index contributed by atoms with van der Waals surface area (Å²) >= 11 is 0. The third-order valence-electron chi connectivity index (χ3n) is 1.62. The third-order valence-corrected chi connectivity index (χ3v) is 1.62. The molecular weight excluding hydrogens is 116 g/mol. The Morgan fingerprint density at radius 1 is 1.44 bits per heavy atom. The summed E-state index contributed by atoms with van der Waals surface area (Å²) in [6.45, 7) is 0. The SMILES string of the molecule is O=C1CCc2ccoc21. The van der Waals surface area contributed by atoms with Crippen LogP contribution in [0, 0.1) is 0 Å². The normalized spacial score (nSPS) is 16.2. The largest absolute Gasteiger partial charge is 0.461 e. The van der Waals surface area contributed by atoms with E-state index in [4.69, 9.17) is 4.42 Å². The number of furan rings is 1. The lowest BCUT2D eigenvalue weighted by atomic mass is 10.3. The highest BCUT2D eigenvalue weighted by Crippen LogP contribution is 2.21. The maximum Gasteiger partial charge on any atom is 0.198 e. The van der Waals surface area contributed by atoms with Crippen LogP contribution in [-0.4, -0.2) is 5.78 Å². The first-order valence-corrected chi connectivity index (χ1v) is 2.97. The van der Waals surface area contributed by atoms with E-state index in [0.29, 0.717) is 12.2 Å². The summed E-state index contributed by atoms with van der Waals surface area (Å²) in [5.41, 5.74) is 1.07. The maximum atomic E-state index is 10.8. The van der Waals surface area contributed by atoms with E-state index < -0.39 is 0 Å². The fourth-order valence-corrected chi connectivity index (χ4v) is 1.14. The summed E-state index contributed by atoms with van der Waals surface area (Å²) < 4.78 is 4.94. The first-order chi connectivity index (χ1) is 4.38. The molecule has 0 radical (unpaired) electrons. The summed E-state index contributed by atoms with van der Waals surface area (Å²) in [6, 6.07) is 1.86. The summed E-state index contributed by atoms with van der Waals surface area (Å²) in [4.78, 5) is 10.8. The van der Waals surface area contributed by atoms with Gasteiger partial charge in [0, 0.05) is 12.0 Å². The quantitative estimate of drug-likeness (QED) is 0.520. The van der Waals surface area contributed by atoms with E-state index in [2.05, 4.69) is 0 Å². The lowest BCUT2D eigenvalue weighted by molar-refractivity contribution is 0.0970. The van der Waals surface area contributed by atoms with E-state index in [-0.39, 0.29) is 5.78 Å². The number of hydrogen-bond donors (Lipinski definition) is 0. The van der Waals surface area contributed by atoms with Crippen molar-refractivity contribution >= 4 is 5.78 Å². The van der Waals surface area contributed by atoms with Gasteiger partial charge in [-0.1, -0.05) is 0 Å². The Hall–Kier alpha value is -1.05. The fourth-order valence-electron chi connectivity index (χ4n) is 1.14. The van der Waals surface area contributed by atoms with Crippen molar-refractivity contribution in [3.05, 3.63) is 23.7 Å². The smallest absolute Gasteiger partial charge is 0.198 e. The van der Waals surface area contributed by atoms with E-state index in [0.717, 1.165) is 12.0 Å². The summed E-state index contributed by atoms with van der Waals surface area (Å²) in [7, 11) is 0. The molecule has 1 aliphatic rings. The Balaban J connectivity index is 2.61. The molecular formula is C7H6O2. The minimum Gasteiger partial charge on any atom is -0.461 e. The van der Waals surface area contributed by atoms with Crippen molar-refractivity contribution in [2.75, 3.05) is 0 Å².